The van der Waals surface area contributed by atoms with Crippen LogP contribution in [0, 0.1) is 17.8 Å². The van der Waals surface area contributed by atoms with Gasteiger partial charge in [-0.05, 0) is 105 Å². The van der Waals surface area contributed by atoms with E-state index >= 15 is 0 Å². The molecule has 2 heterocycles. The quantitative estimate of drug-likeness (QED) is 0.423. The molecule has 2 aromatic rings. The number of methoxy groups -OCH3 is 1. The van der Waals surface area contributed by atoms with Gasteiger partial charge >= 0.3 is 0 Å². The maximum atomic E-state index is 13.4. The highest BCUT2D eigenvalue weighted by Gasteiger charge is 2.49. The van der Waals surface area contributed by atoms with Crippen LogP contribution in [0.25, 0.3) is 0 Å². The molecule has 1 saturated carbocycles. The Bertz CT molecular complexity index is 1430. The van der Waals surface area contributed by atoms with Gasteiger partial charge in [0.05, 0.1) is 24.2 Å². The third kappa shape index (κ3) is 5.65. The zero-order valence-electron chi connectivity index (χ0n) is 25.3. The van der Waals surface area contributed by atoms with Gasteiger partial charge in [0.1, 0.15) is 22.3 Å². The lowest BCUT2D eigenvalue weighted by Gasteiger charge is -2.50. The number of hydrogen-bond donors (Lipinski definition) is 2. The van der Waals surface area contributed by atoms with Gasteiger partial charge in [-0.2, -0.15) is 0 Å². The second-order valence-electron chi connectivity index (χ2n) is 13.1. The van der Waals surface area contributed by atoms with Crippen LogP contribution < -0.4 is 14.4 Å². The van der Waals surface area contributed by atoms with Crippen molar-refractivity contribution in [1.82, 2.24) is 4.72 Å². The lowest BCUT2D eigenvalue weighted by molar-refractivity contribution is -0.103. The fourth-order valence-corrected chi connectivity index (χ4v) is 8.89. The van der Waals surface area contributed by atoms with E-state index in [0.29, 0.717) is 18.6 Å². The van der Waals surface area contributed by atoms with E-state index in [0.717, 1.165) is 61.7 Å². The minimum atomic E-state index is -1.56. The predicted octanol–water partition coefficient (Wildman–Crippen LogP) is 5.59. The summed E-state index contributed by atoms with van der Waals surface area (Å²) in [5.74, 6) is 0.869. The molecule has 7 atom stereocenters. The Morgan fingerprint density at radius 3 is 2.79 bits per heavy atom. The minimum absolute atomic E-state index is 0.0519. The van der Waals surface area contributed by atoms with Crippen LogP contribution in [-0.4, -0.2) is 59.5 Å². The fraction of sp³-hybridized carbons (Fsp3) is 0.559. The number of allylic oxidation sites excluding steroid dienone is 1. The Kier molecular flexibility index (Phi) is 8.68. The molecule has 9 heteroatoms. The average molecular weight is 627 g/mol. The molecule has 0 radical (unpaired) electrons. The highest BCUT2D eigenvalue weighted by Crippen LogP contribution is 2.49. The lowest BCUT2D eigenvalue weighted by Crippen LogP contribution is -2.54. The van der Waals surface area contributed by atoms with Crippen molar-refractivity contribution in [3.8, 4) is 5.75 Å². The van der Waals surface area contributed by atoms with Gasteiger partial charge < -0.3 is 19.5 Å². The molecule has 2 aliphatic carbocycles. The van der Waals surface area contributed by atoms with E-state index < -0.39 is 16.6 Å². The van der Waals surface area contributed by atoms with Crippen molar-refractivity contribution in [3.05, 3.63) is 70.3 Å². The maximum absolute atomic E-state index is 13.4. The number of benzene rings is 2. The number of ether oxygens (including phenoxy) is 2. The summed E-state index contributed by atoms with van der Waals surface area (Å²) in [6.45, 7) is 5.84. The van der Waals surface area contributed by atoms with Gasteiger partial charge in [-0.15, -0.1) is 0 Å². The number of nitrogens with zero attached hydrogens (tertiary/aromatic N) is 1. The molecule has 7 nitrogen and oxygen atoms in total. The molecule has 6 rings (SSSR count). The summed E-state index contributed by atoms with van der Waals surface area (Å²) in [7, 11) is 0.123. The first-order valence-electron chi connectivity index (χ1n) is 15.5. The number of hydrogen-bond acceptors (Lipinski definition) is 6. The number of amides is 1. The number of rotatable bonds is 2. The van der Waals surface area contributed by atoms with E-state index in [2.05, 4.69) is 27.8 Å². The van der Waals surface area contributed by atoms with Crippen molar-refractivity contribution < 1.29 is 23.6 Å². The van der Waals surface area contributed by atoms with Crippen molar-refractivity contribution in [1.29, 1.82) is 0 Å². The van der Waals surface area contributed by atoms with Crippen LogP contribution >= 0.6 is 11.6 Å². The van der Waals surface area contributed by atoms with Crippen molar-refractivity contribution in [2.75, 3.05) is 38.3 Å². The van der Waals surface area contributed by atoms with Gasteiger partial charge in [-0.25, -0.2) is 4.21 Å². The number of aliphatic hydroxyl groups is 1. The third-order valence-electron chi connectivity index (χ3n) is 10.7. The molecule has 0 aromatic heterocycles. The average Bonchev–Trinajstić information content (AvgIpc) is 3.14. The van der Waals surface area contributed by atoms with Gasteiger partial charge in [-0.1, -0.05) is 36.7 Å². The second-order valence-corrected chi connectivity index (χ2v) is 15.1. The summed E-state index contributed by atoms with van der Waals surface area (Å²) >= 11 is 6.42. The number of fused-ring (bicyclic) bond motifs is 4. The molecule has 4 aliphatic rings. The van der Waals surface area contributed by atoms with Crippen LogP contribution in [0.3, 0.4) is 0 Å². The summed E-state index contributed by atoms with van der Waals surface area (Å²) in [5, 5.41) is 11.2. The minimum Gasteiger partial charge on any atom is -0.490 e. The van der Waals surface area contributed by atoms with E-state index in [-0.39, 0.29) is 40.9 Å². The van der Waals surface area contributed by atoms with Crippen molar-refractivity contribution in [2.24, 2.45) is 17.8 Å². The van der Waals surface area contributed by atoms with Crippen molar-refractivity contribution >= 4 is 34.2 Å². The van der Waals surface area contributed by atoms with Crippen LogP contribution in [0.1, 0.15) is 67.4 Å². The number of aryl methyl sites for hydroxylation is 1. The van der Waals surface area contributed by atoms with Gasteiger partial charge in [0.2, 0.25) is 0 Å². The molecular weight excluding hydrogens is 584 g/mol. The molecule has 2 aromatic carbocycles. The van der Waals surface area contributed by atoms with Gasteiger partial charge in [-0.3, -0.25) is 9.52 Å². The smallest absolute Gasteiger partial charge is 0.263 e. The van der Waals surface area contributed by atoms with E-state index in [9.17, 15) is 14.1 Å². The van der Waals surface area contributed by atoms with Crippen LogP contribution in [0.15, 0.2) is 48.6 Å². The van der Waals surface area contributed by atoms with Crippen LogP contribution in [0.2, 0.25) is 5.02 Å². The standard InChI is InChI=1S/C34H43ClN2O5S/c1-22-6-4-15-34(20-38,41-3)29-11-8-26(29)18-37-19-33(14-5-7-24-16-27(35)10-12-28(24)33)21-42-31-13-9-25(17-30(31)37)32(39)36-43(40)23(22)2/h4,9-10,12-13,15-17,22-23,26,29,38H,5-8,11,14,18-21H2,1-3H3,(H,36,39)/b15-4+/t22?,23?,26?,29?,33-,34-,43?/m0/s1. The Labute approximate surface area is 262 Å². The largest absolute Gasteiger partial charge is 0.490 e. The molecule has 2 aliphatic heterocycles. The molecule has 0 saturated heterocycles. The Morgan fingerprint density at radius 1 is 1.21 bits per heavy atom. The number of carbonyl (C=O) groups excluding carboxylic acids is 1. The summed E-state index contributed by atoms with van der Waals surface area (Å²) < 4.78 is 28.7. The summed E-state index contributed by atoms with van der Waals surface area (Å²) in [6, 6.07) is 11.8. The number of aliphatic hydroxyl groups excluding tert-OH is 1. The molecule has 2 bridgehead atoms. The summed E-state index contributed by atoms with van der Waals surface area (Å²) in [5.41, 5.74) is 2.88. The molecule has 43 heavy (non-hydrogen) atoms. The molecular formula is C34H43ClN2O5S. The second kappa shape index (κ2) is 12.2. The lowest BCUT2D eigenvalue weighted by atomic mass is 9.64. The van der Waals surface area contributed by atoms with E-state index in [1.807, 2.05) is 38.1 Å². The maximum Gasteiger partial charge on any atom is 0.263 e. The molecule has 1 amide bonds. The molecule has 1 spiro atoms. The summed E-state index contributed by atoms with van der Waals surface area (Å²) in [6.07, 6.45) is 9.77. The third-order valence-corrected chi connectivity index (χ3v) is 12.4. The fourth-order valence-electron chi connectivity index (χ4n) is 7.67. The molecule has 232 valence electrons. The number of halogens is 1. The Hall–Kier alpha value is -2.39. The number of carbonyl (C=O) groups is 1. The normalized spacial score (nSPS) is 35.0. The Morgan fingerprint density at radius 2 is 2.05 bits per heavy atom. The highest BCUT2D eigenvalue weighted by atomic mass is 35.5. The SMILES string of the molecule is CO[C@]1(CO)/C=C/CC(C)C(C)S(=O)NC(=O)c2ccc3c(c2)N(CC2CCC21)C[C@@]1(CCCc2cc(Cl)ccc21)CO3. The zero-order valence-corrected chi connectivity index (χ0v) is 26.9. The van der Waals surface area contributed by atoms with Crippen LogP contribution in [-0.2, 0) is 27.6 Å². The number of anilines is 1. The summed E-state index contributed by atoms with van der Waals surface area (Å²) in [4.78, 5) is 15.8. The van der Waals surface area contributed by atoms with E-state index in [4.69, 9.17) is 21.1 Å². The van der Waals surface area contributed by atoms with E-state index in [1.54, 1.807) is 13.2 Å². The first kappa shape index (κ1) is 30.6. The van der Waals surface area contributed by atoms with Crippen LogP contribution in [0.4, 0.5) is 5.69 Å². The molecule has 5 unspecified atom stereocenters. The van der Waals surface area contributed by atoms with Crippen LogP contribution in [0.5, 0.6) is 5.75 Å². The number of nitrogens with one attached hydrogen (secondary N) is 1. The highest BCUT2D eigenvalue weighted by molar-refractivity contribution is 7.84. The predicted molar refractivity (Wildman–Crippen MR) is 171 cm³/mol. The van der Waals surface area contributed by atoms with Gasteiger partial charge in [0.15, 0.2) is 0 Å². The van der Waals surface area contributed by atoms with Gasteiger partial charge in [0.25, 0.3) is 5.91 Å². The first-order chi connectivity index (χ1) is 20.7. The van der Waals surface area contributed by atoms with Crippen molar-refractivity contribution in [2.45, 2.75) is 68.6 Å². The van der Waals surface area contributed by atoms with Crippen molar-refractivity contribution in [3.63, 3.8) is 0 Å². The topological polar surface area (TPSA) is 88.1 Å². The van der Waals surface area contributed by atoms with Gasteiger partial charge in [0, 0.05) is 36.2 Å². The van der Waals surface area contributed by atoms with E-state index in [1.165, 1.54) is 11.1 Å². The Balaban J connectivity index is 1.44. The first-order valence-corrected chi connectivity index (χ1v) is 17.1. The molecule has 1 fully saturated rings. The molecule has 2 N–H and O–H groups in total. The zero-order chi connectivity index (χ0) is 30.4. The monoisotopic (exact) mass is 626 g/mol.